The number of nitro groups is 1. The van der Waals surface area contributed by atoms with E-state index in [0.717, 1.165) is 5.56 Å². The van der Waals surface area contributed by atoms with Crippen molar-refractivity contribution in [2.75, 3.05) is 14.2 Å². The van der Waals surface area contributed by atoms with Gasteiger partial charge < -0.3 is 9.64 Å². The van der Waals surface area contributed by atoms with Gasteiger partial charge in [0.05, 0.1) is 12.0 Å². The van der Waals surface area contributed by atoms with Crippen LogP contribution in [-0.4, -0.2) is 39.7 Å². The summed E-state index contributed by atoms with van der Waals surface area (Å²) in [6.07, 6.45) is 0. The first-order valence-corrected chi connectivity index (χ1v) is 9.05. The van der Waals surface area contributed by atoms with E-state index in [0.29, 0.717) is 11.4 Å². The Hall–Kier alpha value is -4.01. The molecule has 0 fully saturated rings. The van der Waals surface area contributed by atoms with Crippen LogP contribution in [0.3, 0.4) is 0 Å². The highest BCUT2D eigenvalue weighted by molar-refractivity contribution is 5.91. The Kier molecular flexibility index (Phi) is 5.91. The van der Waals surface area contributed by atoms with Crippen molar-refractivity contribution in [1.82, 2.24) is 14.7 Å². The summed E-state index contributed by atoms with van der Waals surface area (Å²) in [5.74, 6) is 0.114. The second kappa shape index (κ2) is 8.56. The summed E-state index contributed by atoms with van der Waals surface area (Å²) in [5.41, 5.74) is 0.360. The molecule has 1 aromatic heterocycles. The molecule has 0 saturated heterocycles. The lowest BCUT2D eigenvalue weighted by Crippen LogP contribution is -2.33. The molecule has 0 aliphatic carbocycles. The van der Waals surface area contributed by atoms with E-state index < -0.39 is 16.3 Å². The second-order valence-electron chi connectivity index (χ2n) is 6.67. The number of rotatable bonds is 6. The van der Waals surface area contributed by atoms with Crippen LogP contribution in [0, 0.1) is 17.0 Å². The summed E-state index contributed by atoms with van der Waals surface area (Å²) in [6, 6.07) is 14.4. The van der Waals surface area contributed by atoms with Crippen molar-refractivity contribution in [1.29, 1.82) is 0 Å². The number of hydrogen-bond acceptors (Lipinski definition) is 6. The standard InChI is InChI=1S/C21H20N4O5/c1-14-12-19(26)20(22-24(14)17-6-4-5-7-18(17)25(28)29)21(27)23(2)13-15-8-10-16(30-3)11-9-15/h4-12H,13H2,1-3H3. The Morgan fingerprint density at radius 2 is 1.87 bits per heavy atom. The fraction of sp³-hybridized carbons (Fsp3) is 0.190. The fourth-order valence-electron chi connectivity index (χ4n) is 2.99. The number of aryl methyl sites for hydroxylation is 1. The number of nitrogens with zero attached hydrogens (tertiary/aromatic N) is 4. The zero-order chi connectivity index (χ0) is 21.8. The molecule has 30 heavy (non-hydrogen) atoms. The number of carbonyl (C=O) groups is 1. The lowest BCUT2D eigenvalue weighted by Gasteiger charge is -2.18. The van der Waals surface area contributed by atoms with Crippen LogP contribution in [0.25, 0.3) is 5.69 Å². The zero-order valence-electron chi connectivity index (χ0n) is 16.7. The van der Waals surface area contributed by atoms with Gasteiger partial charge in [-0.05, 0) is 30.7 Å². The molecule has 0 bridgehead atoms. The van der Waals surface area contributed by atoms with Crippen LogP contribution in [0.2, 0.25) is 0 Å². The zero-order valence-corrected chi connectivity index (χ0v) is 16.7. The summed E-state index contributed by atoms with van der Waals surface area (Å²) in [7, 11) is 3.12. The minimum atomic E-state index is -0.580. The topological polar surface area (TPSA) is 108 Å². The number of nitro benzene ring substituents is 1. The van der Waals surface area contributed by atoms with Gasteiger partial charge >= 0.3 is 0 Å². The highest BCUT2D eigenvalue weighted by Crippen LogP contribution is 2.22. The normalized spacial score (nSPS) is 10.5. The number of carbonyl (C=O) groups excluding carboxylic acids is 1. The smallest absolute Gasteiger partial charge is 0.294 e. The summed E-state index contributed by atoms with van der Waals surface area (Å²) >= 11 is 0. The van der Waals surface area contributed by atoms with E-state index in [1.807, 2.05) is 12.1 Å². The summed E-state index contributed by atoms with van der Waals surface area (Å²) in [6.45, 7) is 1.85. The predicted molar refractivity (Wildman–Crippen MR) is 110 cm³/mol. The Bertz CT molecular complexity index is 1150. The summed E-state index contributed by atoms with van der Waals surface area (Å²) in [4.78, 5) is 37.5. The number of aromatic nitrogens is 2. The fourth-order valence-corrected chi connectivity index (χ4v) is 2.99. The molecule has 1 amide bonds. The molecule has 9 nitrogen and oxygen atoms in total. The van der Waals surface area contributed by atoms with Gasteiger partial charge in [-0.1, -0.05) is 24.3 Å². The Morgan fingerprint density at radius 1 is 1.20 bits per heavy atom. The first-order chi connectivity index (χ1) is 14.3. The van der Waals surface area contributed by atoms with Gasteiger partial charge in [0, 0.05) is 31.4 Å². The van der Waals surface area contributed by atoms with E-state index in [2.05, 4.69) is 5.10 Å². The highest BCUT2D eigenvalue weighted by Gasteiger charge is 2.22. The molecule has 154 valence electrons. The molecule has 0 aliphatic heterocycles. The van der Waals surface area contributed by atoms with Crippen LogP contribution in [0.15, 0.2) is 59.4 Å². The monoisotopic (exact) mass is 408 g/mol. The molecule has 9 heteroatoms. The van der Waals surface area contributed by atoms with Crippen LogP contribution in [0.4, 0.5) is 5.69 Å². The first-order valence-electron chi connectivity index (χ1n) is 9.05. The molecule has 2 aromatic carbocycles. The second-order valence-corrected chi connectivity index (χ2v) is 6.67. The highest BCUT2D eigenvalue weighted by atomic mass is 16.6. The molecule has 0 atom stereocenters. The molecule has 0 N–H and O–H groups in total. The number of para-hydroxylation sites is 2. The first kappa shape index (κ1) is 20.7. The average molecular weight is 408 g/mol. The lowest BCUT2D eigenvalue weighted by atomic mass is 10.2. The number of methoxy groups -OCH3 is 1. The summed E-state index contributed by atoms with van der Waals surface area (Å²) in [5, 5.41) is 15.5. The van der Waals surface area contributed by atoms with Gasteiger partial charge in [0.2, 0.25) is 5.43 Å². The van der Waals surface area contributed by atoms with Gasteiger partial charge in [-0.2, -0.15) is 5.10 Å². The Labute approximate surface area is 172 Å². The van der Waals surface area contributed by atoms with Crippen molar-refractivity contribution < 1.29 is 14.5 Å². The SMILES string of the molecule is COc1ccc(CN(C)C(=O)c2nn(-c3ccccc3[N+](=O)[O-])c(C)cc2=O)cc1. The maximum atomic E-state index is 12.9. The van der Waals surface area contributed by atoms with Gasteiger partial charge in [-0.3, -0.25) is 19.7 Å². The maximum absolute atomic E-state index is 12.9. The van der Waals surface area contributed by atoms with E-state index in [9.17, 15) is 19.7 Å². The van der Waals surface area contributed by atoms with Gasteiger partial charge in [0.1, 0.15) is 11.4 Å². The molecule has 0 saturated carbocycles. The van der Waals surface area contributed by atoms with Gasteiger partial charge in [-0.15, -0.1) is 0 Å². The molecule has 0 spiro atoms. The Morgan fingerprint density at radius 3 is 2.50 bits per heavy atom. The third kappa shape index (κ3) is 4.19. The molecule has 1 heterocycles. The molecule has 0 unspecified atom stereocenters. The average Bonchev–Trinajstić information content (AvgIpc) is 2.74. The van der Waals surface area contributed by atoms with Gasteiger partial charge in [-0.25, -0.2) is 4.68 Å². The van der Waals surface area contributed by atoms with Crippen LogP contribution in [0.5, 0.6) is 5.75 Å². The molecular weight excluding hydrogens is 388 g/mol. The van der Waals surface area contributed by atoms with Crippen LogP contribution < -0.4 is 10.2 Å². The maximum Gasteiger partial charge on any atom is 0.294 e. The van der Waals surface area contributed by atoms with E-state index in [1.165, 1.54) is 33.8 Å². The van der Waals surface area contributed by atoms with Crippen molar-refractivity contribution in [3.05, 3.63) is 91.9 Å². The van der Waals surface area contributed by atoms with Crippen molar-refractivity contribution in [2.45, 2.75) is 13.5 Å². The minimum absolute atomic E-state index is 0.173. The molecule has 3 rings (SSSR count). The number of benzene rings is 2. The summed E-state index contributed by atoms with van der Waals surface area (Å²) < 4.78 is 6.36. The third-order valence-corrected chi connectivity index (χ3v) is 4.54. The molecular formula is C21H20N4O5. The van der Waals surface area contributed by atoms with Gasteiger partial charge in [0.15, 0.2) is 5.69 Å². The minimum Gasteiger partial charge on any atom is -0.497 e. The van der Waals surface area contributed by atoms with Crippen molar-refractivity contribution in [3.63, 3.8) is 0 Å². The predicted octanol–water partition coefficient (Wildman–Crippen LogP) is 2.73. The van der Waals surface area contributed by atoms with E-state index in [4.69, 9.17) is 4.74 Å². The quantitative estimate of drug-likeness (QED) is 0.458. The van der Waals surface area contributed by atoms with Crippen LogP contribution >= 0.6 is 0 Å². The number of amides is 1. The van der Waals surface area contributed by atoms with E-state index in [1.54, 1.807) is 39.3 Å². The molecule has 0 radical (unpaired) electrons. The van der Waals surface area contributed by atoms with Crippen LogP contribution in [0.1, 0.15) is 21.7 Å². The van der Waals surface area contributed by atoms with Crippen molar-refractivity contribution >= 4 is 11.6 Å². The largest absolute Gasteiger partial charge is 0.497 e. The molecule has 0 aliphatic rings. The van der Waals surface area contributed by atoms with Crippen molar-refractivity contribution in [3.8, 4) is 11.4 Å². The van der Waals surface area contributed by atoms with E-state index in [-0.39, 0.29) is 23.6 Å². The third-order valence-electron chi connectivity index (χ3n) is 4.54. The number of hydrogen-bond donors (Lipinski definition) is 0. The number of ether oxygens (including phenoxy) is 1. The van der Waals surface area contributed by atoms with Crippen LogP contribution in [-0.2, 0) is 6.54 Å². The lowest BCUT2D eigenvalue weighted by molar-refractivity contribution is -0.384. The molecule has 3 aromatic rings. The van der Waals surface area contributed by atoms with E-state index >= 15 is 0 Å². The van der Waals surface area contributed by atoms with Gasteiger partial charge in [0.25, 0.3) is 11.6 Å². The van der Waals surface area contributed by atoms with Crippen molar-refractivity contribution in [2.24, 2.45) is 0 Å². The Balaban J connectivity index is 1.96.